The number of amides is 3. The van der Waals surface area contributed by atoms with Crippen LogP contribution in [0.2, 0.25) is 0 Å². The van der Waals surface area contributed by atoms with E-state index in [1.165, 1.54) is 4.90 Å². The van der Waals surface area contributed by atoms with Gasteiger partial charge in [0.15, 0.2) is 0 Å². The third-order valence-corrected chi connectivity index (χ3v) is 2.75. The summed E-state index contributed by atoms with van der Waals surface area (Å²) < 4.78 is 0. The van der Waals surface area contributed by atoms with Crippen molar-refractivity contribution in [2.45, 2.75) is 19.3 Å². The summed E-state index contributed by atoms with van der Waals surface area (Å²) in [5.41, 5.74) is 5.19. The molecule has 0 aromatic rings. The first-order valence-electron chi connectivity index (χ1n) is 5.58. The monoisotopic (exact) mass is 225 g/mol. The van der Waals surface area contributed by atoms with E-state index in [1.807, 2.05) is 0 Å². The first-order valence-corrected chi connectivity index (χ1v) is 5.58. The van der Waals surface area contributed by atoms with Crippen LogP contribution in [0.25, 0.3) is 0 Å². The van der Waals surface area contributed by atoms with Crippen molar-refractivity contribution in [1.29, 1.82) is 0 Å². The number of carbonyl (C=O) groups excluding carboxylic acids is 2. The number of nitrogens with two attached hydrogens (primary N) is 1. The SMILES string of the molecule is C=CCCNC(=O)C1CCCN(C(N)=O)C1. The summed E-state index contributed by atoms with van der Waals surface area (Å²) >= 11 is 0. The lowest BCUT2D eigenvalue weighted by atomic mass is 9.97. The van der Waals surface area contributed by atoms with E-state index >= 15 is 0 Å². The Labute approximate surface area is 95.7 Å². The van der Waals surface area contributed by atoms with E-state index in [0.717, 1.165) is 19.3 Å². The maximum Gasteiger partial charge on any atom is 0.314 e. The van der Waals surface area contributed by atoms with Crippen molar-refractivity contribution < 1.29 is 9.59 Å². The molecule has 0 spiro atoms. The van der Waals surface area contributed by atoms with Gasteiger partial charge in [0.1, 0.15) is 0 Å². The number of likely N-dealkylation sites (tertiary alicyclic amines) is 1. The molecule has 0 aromatic heterocycles. The maximum atomic E-state index is 11.7. The summed E-state index contributed by atoms with van der Waals surface area (Å²) in [6.45, 7) is 5.29. The molecular weight excluding hydrogens is 206 g/mol. The summed E-state index contributed by atoms with van der Waals surface area (Å²) in [5.74, 6) is -0.112. The molecule has 1 fully saturated rings. The highest BCUT2D eigenvalue weighted by molar-refractivity contribution is 5.80. The van der Waals surface area contributed by atoms with Gasteiger partial charge < -0.3 is 16.0 Å². The van der Waals surface area contributed by atoms with Gasteiger partial charge in [-0.1, -0.05) is 6.08 Å². The van der Waals surface area contributed by atoms with Crippen molar-refractivity contribution >= 4 is 11.9 Å². The fraction of sp³-hybridized carbons (Fsp3) is 0.636. The Kier molecular flexibility index (Phi) is 4.82. The number of hydrogen-bond acceptors (Lipinski definition) is 2. The maximum absolute atomic E-state index is 11.7. The van der Waals surface area contributed by atoms with E-state index in [2.05, 4.69) is 11.9 Å². The van der Waals surface area contributed by atoms with Crippen LogP contribution in [0.4, 0.5) is 4.79 Å². The predicted octanol–water partition coefficient (Wildman–Crippen LogP) is 0.469. The standard InChI is InChI=1S/C11H19N3O2/c1-2-3-6-13-10(15)9-5-4-7-14(8-9)11(12)16/h2,9H,1,3-8H2,(H2,12,16)(H,13,15). The van der Waals surface area contributed by atoms with Gasteiger partial charge in [-0.05, 0) is 19.3 Å². The Morgan fingerprint density at radius 2 is 2.31 bits per heavy atom. The highest BCUT2D eigenvalue weighted by Crippen LogP contribution is 2.16. The van der Waals surface area contributed by atoms with Gasteiger partial charge in [0.2, 0.25) is 5.91 Å². The molecule has 0 aromatic carbocycles. The second-order valence-electron chi connectivity index (χ2n) is 3.99. The summed E-state index contributed by atoms with van der Waals surface area (Å²) in [4.78, 5) is 24.2. The van der Waals surface area contributed by atoms with Crippen LogP contribution >= 0.6 is 0 Å². The lowest BCUT2D eigenvalue weighted by Gasteiger charge is -2.30. The summed E-state index contributed by atoms with van der Waals surface area (Å²) in [5, 5.41) is 2.82. The molecule has 5 heteroatoms. The van der Waals surface area contributed by atoms with Crippen LogP contribution in [-0.4, -0.2) is 36.5 Å². The zero-order chi connectivity index (χ0) is 12.0. The van der Waals surface area contributed by atoms with Gasteiger partial charge in [0, 0.05) is 19.6 Å². The molecule has 3 amide bonds. The molecule has 0 radical (unpaired) electrons. The highest BCUT2D eigenvalue weighted by Gasteiger charge is 2.26. The quantitative estimate of drug-likeness (QED) is 0.539. The molecular formula is C11H19N3O2. The largest absolute Gasteiger partial charge is 0.355 e. The fourth-order valence-corrected chi connectivity index (χ4v) is 1.83. The molecule has 1 aliphatic rings. The first-order chi connectivity index (χ1) is 7.65. The van der Waals surface area contributed by atoms with Crippen molar-refractivity contribution in [2.75, 3.05) is 19.6 Å². The average Bonchev–Trinajstić information content (AvgIpc) is 2.29. The van der Waals surface area contributed by atoms with Crippen molar-refractivity contribution in [3.8, 4) is 0 Å². The summed E-state index contributed by atoms with van der Waals surface area (Å²) in [7, 11) is 0. The van der Waals surface area contributed by atoms with E-state index in [4.69, 9.17) is 5.73 Å². The third kappa shape index (κ3) is 3.56. The first kappa shape index (κ1) is 12.5. The number of hydrogen-bond donors (Lipinski definition) is 2. The van der Waals surface area contributed by atoms with Gasteiger partial charge in [-0.15, -0.1) is 6.58 Å². The zero-order valence-electron chi connectivity index (χ0n) is 9.45. The molecule has 1 rings (SSSR count). The minimum Gasteiger partial charge on any atom is -0.355 e. The van der Waals surface area contributed by atoms with Crippen LogP contribution in [0.5, 0.6) is 0 Å². The molecule has 1 unspecified atom stereocenters. The number of piperidine rings is 1. The van der Waals surface area contributed by atoms with Crippen LogP contribution in [0.3, 0.4) is 0 Å². The number of carbonyl (C=O) groups is 2. The molecule has 0 bridgehead atoms. The van der Waals surface area contributed by atoms with E-state index in [0.29, 0.717) is 19.6 Å². The molecule has 3 N–H and O–H groups in total. The zero-order valence-corrected chi connectivity index (χ0v) is 9.45. The highest BCUT2D eigenvalue weighted by atomic mass is 16.2. The second-order valence-corrected chi connectivity index (χ2v) is 3.99. The van der Waals surface area contributed by atoms with Gasteiger partial charge in [0.25, 0.3) is 0 Å². The van der Waals surface area contributed by atoms with E-state index in [9.17, 15) is 9.59 Å². The molecule has 5 nitrogen and oxygen atoms in total. The van der Waals surface area contributed by atoms with E-state index in [-0.39, 0.29) is 11.8 Å². The fourth-order valence-electron chi connectivity index (χ4n) is 1.83. The van der Waals surface area contributed by atoms with Gasteiger partial charge >= 0.3 is 6.03 Å². The third-order valence-electron chi connectivity index (χ3n) is 2.75. The lowest BCUT2D eigenvalue weighted by Crippen LogP contribution is -2.47. The molecule has 1 saturated heterocycles. The van der Waals surface area contributed by atoms with Gasteiger partial charge in [-0.25, -0.2) is 4.79 Å². The molecule has 16 heavy (non-hydrogen) atoms. The average molecular weight is 225 g/mol. The smallest absolute Gasteiger partial charge is 0.314 e. The van der Waals surface area contributed by atoms with Crippen LogP contribution < -0.4 is 11.1 Å². The van der Waals surface area contributed by atoms with Crippen LogP contribution in [0.1, 0.15) is 19.3 Å². The van der Waals surface area contributed by atoms with Crippen molar-refractivity contribution in [1.82, 2.24) is 10.2 Å². The Balaban J connectivity index is 2.37. The number of rotatable bonds is 4. The van der Waals surface area contributed by atoms with Gasteiger partial charge in [-0.2, -0.15) is 0 Å². The molecule has 0 saturated carbocycles. The number of urea groups is 1. The molecule has 1 atom stereocenters. The molecule has 1 aliphatic heterocycles. The lowest BCUT2D eigenvalue weighted by molar-refractivity contribution is -0.126. The van der Waals surface area contributed by atoms with Crippen molar-refractivity contribution in [3.05, 3.63) is 12.7 Å². The Hall–Kier alpha value is -1.52. The predicted molar refractivity (Wildman–Crippen MR) is 61.7 cm³/mol. The second kappa shape index (κ2) is 6.15. The van der Waals surface area contributed by atoms with Gasteiger partial charge in [0.05, 0.1) is 5.92 Å². The van der Waals surface area contributed by atoms with Crippen LogP contribution in [-0.2, 0) is 4.79 Å². The molecule has 90 valence electrons. The van der Waals surface area contributed by atoms with Crippen molar-refractivity contribution in [3.63, 3.8) is 0 Å². The van der Waals surface area contributed by atoms with Gasteiger partial charge in [-0.3, -0.25) is 4.79 Å². The summed E-state index contributed by atoms with van der Waals surface area (Å²) in [6, 6.07) is -0.441. The molecule has 1 heterocycles. The Bertz CT molecular complexity index is 278. The Morgan fingerprint density at radius 1 is 1.56 bits per heavy atom. The minimum atomic E-state index is -0.441. The minimum absolute atomic E-state index is 0.00722. The molecule has 0 aliphatic carbocycles. The van der Waals surface area contributed by atoms with Crippen LogP contribution in [0, 0.1) is 5.92 Å². The summed E-state index contributed by atoms with van der Waals surface area (Å²) in [6.07, 6.45) is 4.18. The topological polar surface area (TPSA) is 75.4 Å². The number of nitrogens with one attached hydrogen (secondary N) is 1. The normalized spacial score (nSPS) is 20.2. The number of primary amides is 1. The van der Waals surface area contributed by atoms with Crippen LogP contribution in [0.15, 0.2) is 12.7 Å². The number of nitrogens with zero attached hydrogens (tertiary/aromatic N) is 1. The Morgan fingerprint density at radius 3 is 2.94 bits per heavy atom. The van der Waals surface area contributed by atoms with E-state index < -0.39 is 6.03 Å². The van der Waals surface area contributed by atoms with E-state index in [1.54, 1.807) is 6.08 Å². The van der Waals surface area contributed by atoms with Crippen molar-refractivity contribution in [2.24, 2.45) is 11.7 Å².